The molecule has 1 heterocycles. The van der Waals surface area contributed by atoms with Crippen LogP contribution in [0.2, 0.25) is 5.02 Å². The van der Waals surface area contributed by atoms with E-state index < -0.39 is 23.8 Å². The zero-order chi connectivity index (χ0) is 18.8. The van der Waals surface area contributed by atoms with Crippen LogP contribution in [0.25, 0.3) is 11.1 Å². The van der Waals surface area contributed by atoms with Crippen LogP contribution in [0.5, 0.6) is 0 Å². The van der Waals surface area contributed by atoms with Crippen molar-refractivity contribution in [3.05, 3.63) is 68.9 Å². The maximum Gasteiger partial charge on any atom is 0.282 e. The lowest BCUT2D eigenvalue weighted by molar-refractivity contribution is 0.101. The fourth-order valence-corrected chi connectivity index (χ4v) is 3.47. The van der Waals surface area contributed by atoms with Gasteiger partial charge in [-0.3, -0.25) is 4.79 Å². The van der Waals surface area contributed by atoms with E-state index in [1.54, 1.807) is 24.3 Å². The van der Waals surface area contributed by atoms with Gasteiger partial charge in [-0.25, -0.2) is 18.2 Å². The van der Waals surface area contributed by atoms with Crippen LogP contribution in [-0.4, -0.2) is 10.9 Å². The highest BCUT2D eigenvalue weighted by atomic mass is 35.5. The molecule has 134 valence electrons. The fourth-order valence-electron chi connectivity index (χ4n) is 2.46. The average Bonchev–Trinajstić information content (AvgIpc) is 2.97. The van der Waals surface area contributed by atoms with E-state index in [-0.39, 0.29) is 10.6 Å². The number of hydrogen-bond acceptors (Lipinski definition) is 3. The largest absolute Gasteiger partial charge is 0.321 e. The molecule has 0 aliphatic carbocycles. The molecule has 0 aliphatic heterocycles. The maximum atomic E-state index is 13.7. The van der Waals surface area contributed by atoms with Gasteiger partial charge in [0.15, 0.2) is 0 Å². The van der Waals surface area contributed by atoms with Crippen LogP contribution in [0.3, 0.4) is 0 Å². The highest BCUT2D eigenvalue weighted by Crippen LogP contribution is 2.32. The van der Waals surface area contributed by atoms with Gasteiger partial charge in [0.05, 0.1) is 10.7 Å². The minimum Gasteiger partial charge on any atom is -0.321 e. The van der Waals surface area contributed by atoms with Crippen molar-refractivity contribution in [3.8, 4) is 11.1 Å². The van der Waals surface area contributed by atoms with Crippen molar-refractivity contribution in [2.24, 2.45) is 0 Å². The molecule has 1 aromatic heterocycles. The Kier molecular flexibility index (Phi) is 5.29. The number of alkyl halides is 2. The third kappa shape index (κ3) is 3.89. The predicted molar refractivity (Wildman–Crippen MR) is 96.6 cm³/mol. The summed E-state index contributed by atoms with van der Waals surface area (Å²) in [6.07, 6.45) is -2.87. The Morgan fingerprint density at radius 3 is 2.69 bits per heavy atom. The Labute approximate surface area is 156 Å². The molecule has 0 saturated carbocycles. The summed E-state index contributed by atoms with van der Waals surface area (Å²) >= 11 is 6.85. The molecular weight excluding hydrogens is 385 g/mol. The summed E-state index contributed by atoms with van der Waals surface area (Å²) in [5, 5.41) is 3.33. The van der Waals surface area contributed by atoms with Crippen LogP contribution in [0.1, 0.15) is 26.8 Å². The molecule has 0 fully saturated rings. The molecule has 8 heteroatoms. The van der Waals surface area contributed by atoms with Gasteiger partial charge in [0.25, 0.3) is 12.3 Å². The number of carbonyl (C=O) groups is 1. The van der Waals surface area contributed by atoms with Gasteiger partial charge in [-0.1, -0.05) is 23.7 Å². The highest BCUT2D eigenvalue weighted by molar-refractivity contribution is 7.13. The van der Waals surface area contributed by atoms with E-state index >= 15 is 0 Å². The van der Waals surface area contributed by atoms with Gasteiger partial charge in [0.1, 0.15) is 16.4 Å². The first-order chi connectivity index (χ1) is 12.3. The second kappa shape index (κ2) is 7.47. The number of aryl methyl sites for hydroxylation is 1. The van der Waals surface area contributed by atoms with Crippen molar-refractivity contribution < 1.29 is 18.0 Å². The summed E-state index contributed by atoms with van der Waals surface area (Å²) in [6, 6.07) is 10.7. The quantitative estimate of drug-likeness (QED) is 0.578. The molecule has 2 aromatic carbocycles. The van der Waals surface area contributed by atoms with Crippen LogP contribution in [0, 0.1) is 12.7 Å². The van der Waals surface area contributed by atoms with Crippen LogP contribution < -0.4 is 5.32 Å². The smallest absolute Gasteiger partial charge is 0.282 e. The number of amides is 1. The number of carbonyl (C=O) groups excluding carboxylic acids is 1. The number of benzene rings is 2. The minimum absolute atomic E-state index is 0.156. The zero-order valence-electron chi connectivity index (χ0n) is 13.4. The van der Waals surface area contributed by atoms with Gasteiger partial charge in [-0.15, -0.1) is 11.3 Å². The first-order valence-electron chi connectivity index (χ1n) is 7.47. The van der Waals surface area contributed by atoms with Gasteiger partial charge in [-0.05, 0) is 42.8 Å². The molecule has 3 rings (SSSR count). The number of hydrogen-bond donors (Lipinski definition) is 1. The Balaban J connectivity index is 2.00. The van der Waals surface area contributed by atoms with E-state index in [4.69, 9.17) is 11.6 Å². The van der Waals surface area contributed by atoms with Crippen molar-refractivity contribution in [2.75, 3.05) is 5.32 Å². The Morgan fingerprint density at radius 2 is 2.00 bits per heavy atom. The number of rotatable bonds is 4. The normalized spacial score (nSPS) is 11.0. The number of thiazole rings is 1. The van der Waals surface area contributed by atoms with Crippen molar-refractivity contribution in [1.82, 2.24) is 4.98 Å². The molecule has 0 bridgehead atoms. The Bertz CT molecular complexity index is 975. The summed E-state index contributed by atoms with van der Waals surface area (Å²) in [4.78, 5) is 16.0. The van der Waals surface area contributed by atoms with Gasteiger partial charge >= 0.3 is 0 Å². The molecule has 0 unspecified atom stereocenters. The van der Waals surface area contributed by atoms with E-state index in [0.717, 1.165) is 17.4 Å². The molecule has 3 aromatic rings. The average molecular weight is 397 g/mol. The summed E-state index contributed by atoms with van der Waals surface area (Å²) < 4.78 is 39.9. The number of anilines is 1. The molecule has 0 saturated heterocycles. The Hall–Kier alpha value is -2.38. The summed E-state index contributed by atoms with van der Waals surface area (Å²) in [7, 11) is 0. The maximum absolute atomic E-state index is 13.7. The first-order valence-corrected chi connectivity index (χ1v) is 8.67. The van der Waals surface area contributed by atoms with Gasteiger partial charge in [0, 0.05) is 10.6 Å². The Morgan fingerprint density at radius 1 is 1.23 bits per heavy atom. The highest BCUT2D eigenvalue weighted by Gasteiger charge is 2.24. The van der Waals surface area contributed by atoms with Crippen LogP contribution in [0.4, 0.5) is 18.9 Å². The molecular formula is C18H12ClF3N2OS. The topological polar surface area (TPSA) is 42.0 Å². The molecule has 0 spiro atoms. The van der Waals surface area contributed by atoms with E-state index in [0.29, 0.717) is 21.2 Å². The monoisotopic (exact) mass is 396 g/mol. The van der Waals surface area contributed by atoms with Crippen LogP contribution >= 0.6 is 22.9 Å². The van der Waals surface area contributed by atoms with Gasteiger partial charge < -0.3 is 5.32 Å². The van der Waals surface area contributed by atoms with Crippen LogP contribution in [0.15, 0.2) is 42.5 Å². The van der Waals surface area contributed by atoms with E-state index in [2.05, 4.69) is 10.3 Å². The molecule has 0 aliphatic rings. The molecule has 1 N–H and O–H groups in total. The number of halogens is 4. The summed E-state index contributed by atoms with van der Waals surface area (Å²) in [5.41, 5.74) is 0.749. The predicted octanol–water partition coefficient (Wildman–Crippen LogP) is 6.10. The minimum atomic E-state index is -2.87. The third-order valence-electron chi connectivity index (χ3n) is 3.54. The SMILES string of the molecule is Cc1nc(C(F)F)c(C(=O)Nc2cc(F)ccc2-c2cccc(Cl)c2)s1. The van der Waals surface area contributed by atoms with Gasteiger partial charge in [0.2, 0.25) is 0 Å². The number of nitrogens with one attached hydrogen (secondary N) is 1. The molecule has 0 radical (unpaired) electrons. The number of aromatic nitrogens is 1. The summed E-state index contributed by atoms with van der Waals surface area (Å²) in [6.45, 7) is 1.53. The molecule has 26 heavy (non-hydrogen) atoms. The van der Waals surface area contributed by atoms with Gasteiger partial charge in [-0.2, -0.15) is 0 Å². The van der Waals surface area contributed by atoms with Crippen molar-refractivity contribution in [2.45, 2.75) is 13.3 Å². The summed E-state index contributed by atoms with van der Waals surface area (Å²) in [5.74, 6) is -1.33. The molecule has 0 atom stereocenters. The molecule has 1 amide bonds. The van der Waals surface area contributed by atoms with Crippen LogP contribution in [-0.2, 0) is 0 Å². The van der Waals surface area contributed by atoms with Crippen molar-refractivity contribution in [1.29, 1.82) is 0 Å². The lowest BCUT2D eigenvalue weighted by Gasteiger charge is -2.12. The van der Waals surface area contributed by atoms with Crippen molar-refractivity contribution in [3.63, 3.8) is 0 Å². The lowest BCUT2D eigenvalue weighted by Crippen LogP contribution is -2.13. The fraction of sp³-hybridized carbons (Fsp3) is 0.111. The molecule has 3 nitrogen and oxygen atoms in total. The van der Waals surface area contributed by atoms with Crippen molar-refractivity contribution >= 4 is 34.5 Å². The van der Waals surface area contributed by atoms with E-state index in [1.165, 1.54) is 19.1 Å². The standard InChI is InChI=1S/C18H12ClF3N2OS/c1-9-23-15(17(21)22)16(26-9)18(25)24-14-8-12(20)5-6-13(14)10-3-2-4-11(19)7-10/h2-8,17H,1H3,(H,24,25). The number of nitrogens with zero attached hydrogens (tertiary/aromatic N) is 1. The second-order valence-electron chi connectivity index (χ2n) is 5.40. The lowest BCUT2D eigenvalue weighted by atomic mass is 10.0. The first kappa shape index (κ1) is 18.4. The zero-order valence-corrected chi connectivity index (χ0v) is 15.0. The third-order valence-corrected chi connectivity index (χ3v) is 4.76. The van der Waals surface area contributed by atoms with E-state index in [1.807, 2.05) is 0 Å². The second-order valence-corrected chi connectivity index (χ2v) is 7.04. The van der Waals surface area contributed by atoms with E-state index in [9.17, 15) is 18.0 Å².